The van der Waals surface area contributed by atoms with E-state index in [2.05, 4.69) is 34.2 Å². The first-order valence-corrected chi connectivity index (χ1v) is 11.5. The molecule has 2 saturated heterocycles. The third-order valence-corrected chi connectivity index (χ3v) is 6.44. The van der Waals surface area contributed by atoms with Crippen LogP contribution in [-0.2, 0) is 20.9 Å². The highest BCUT2D eigenvalue weighted by atomic mass is 16.5. The summed E-state index contributed by atoms with van der Waals surface area (Å²) in [6.45, 7) is 4.09. The van der Waals surface area contributed by atoms with E-state index < -0.39 is 30.2 Å². The number of rotatable bonds is 7. The lowest BCUT2D eigenvalue weighted by Gasteiger charge is -2.55. The normalized spacial score (nSPS) is 16.8. The number of nitrogens with one attached hydrogen (secondary N) is 1. The van der Waals surface area contributed by atoms with Crippen LogP contribution < -0.4 is 5.32 Å². The van der Waals surface area contributed by atoms with E-state index in [-0.39, 0.29) is 0 Å². The summed E-state index contributed by atoms with van der Waals surface area (Å²) in [5.74, 6) is 4.31. The molecule has 2 aromatic rings. The number of benzene rings is 2. The highest BCUT2D eigenvalue weighted by Gasteiger charge is 2.48. The maximum absolute atomic E-state index is 12.8. The monoisotopic (exact) mass is 475 g/mol. The summed E-state index contributed by atoms with van der Waals surface area (Å²) in [6, 6.07) is 13.5. The first kappa shape index (κ1) is 24.6. The Morgan fingerprint density at radius 2 is 1.63 bits per heavy atom. The van der Waals surface area contributed by atoms with Gasteiger partial charge in [0.2, 0.25) is 5.91 Å². The van der Waals surface area contributed by atoms with E-state index in [1.165, 1.54) is 19.7 Å². The number of hydrogen-bond acceptors (Lipinski definition) is 6. The number of likely N-dealkylation sites (N-methyl/N-ethyl adjacent to an activating group) is 2. The van der Waals surface area contributed by atoms with Crippen molar-refractivity contribution in [2.45, 2.75) is 12.6 Å². The van der Waals surface area contributed by atoms with Crippen molar-refractivity contribution >= 4 is 17.6 Å². The molecule has 4 rings (SSSR count). The lowest BCUT2D eigenvalue weighted by atomic mass is 9.78. The predicted octanol–water partition coefficient (Wildman–Crippen LogP) is 0.667. The Hall–Kier alpha value is -3.51. The molecule has 2 amide bonds. The average Bonchev–Trinajstić information content (AvgIpc) is 2.83. The maximum Gasteiger partial charge on any atom is 0.254 e. The minimum Gasteiger partial charge on any atom is -0.388 e. The Morgan fingerprint density at radius 3 is 2.11 bits per heavy atom. The molecule has 0 aliphatic carbocycles. The molecule has 2 aliphatic rings. The fourth-order valence-corrected chi connectivity index (χ4v) is 4.46. The molecule has 8 heteroatoms. The Balaban J connectivity index is 1.35. The van der Waals surface area contributed by atoms with Crippen LogP contribution >= 0.6 is 0 Å². The molecule has 1 unspecified atom stereocenters. The Bertz CT molecular complexity index is 1140. The number of Topliss-reactive ketones (excluding diaryl/α,β-unsaturated/α-hetero) is 1. The van der Waals surface area contributed by atoms with Gasteiger partial charge in [-0.05, 0) is 42.0 Å². The van der Waals surface area contributed by atoms with Crippen LogP contribution in [-0.4, -0.2) is 85.6 Å². The molecule has 2 aromatic carbocycles. The molecule has 0 aromatic heterocycles. The van der Waals surface area contributed by atoms with Crippen LogP contribution in [0.25, 0.3) is 0 Å². The SMILES string of the molecule is CNC(=O)C(C(=O)CO)N(C)C(=O)c1ccc(C#Cc2ccc(CN3CC4(COC4)C3)cc2)cc1. The van der Waals surface area contributed by atoms with Gasteiger partial charge in [0.05, 0.1) is 13.2 Å². The van der Waals surface area contributed by atoms with Crippen molar-refractivity contribution in [2.24, 2.45) is 5.41 Å². The number of ether oxygens (including phenoxy) is 1. The maximum atomic E-state index is 12.8. The zero-order valence-corrected chi connectivity index (χ0v) is 19.9. The van der Waals surface area contributed by atoms with E-state index in [0.29, 0.717) is 11.0 Å². The molecule has 0 bridgehead atoms. The van der Waals surface area contributed by atoms with Crippen LogP contribution in [0.3, 0.4) is 0 Å². The van der Waals surface area contributed by atoms with E-state index in [9.17, 15) is 14.4 Å². The van der Waals surface area contributed by atoms with Crippen molar-refractivity contribution in [1.29, 1.82) is 0 Å². The van der Waals surface area contributed by atoms with E-state index >= 15 is 0 Å². The molecule has 2 fully saturated rings. The Labute approximate surface area is 204 Å². The van der Waals surface area contributed by atoms with Crippen molar-refractivity contribution < 1.29 is 24.2 Å². The van der Waals surface area contributed by atoms with Gasteiger partial charge >= 0.3 is 0 Å². The second-order valence-electron chi connectivity index (χ2n) is 9.22. The number of amides is 2. The summed E-state index contributed by atoms with van der Waals surface area (Å²) < 4.78 is 5.33. The number of likely N-dealkylation sites (tertiary alicyclic amines) is 1. The van der Waals surface area contributed by atoms with Crippen LogP contribution in [0, 0.1) is 17.3 Å². The van der Waals surface area contributed by atoms with E-state index in [1.54, 1.807) is 24.3 Å². The highest BCUT2D eigenvalue weighted by Crippen LogP contribution is 2.38. The molecular formula is C27H29N3O5. The molecule has 2 heterocycles. The largest absolute Gasteiger partial charge is 0.388 e. The fourth-order valence-electron chi connectivity index (χ4n) is 4.46. The van der Waals surface area contributed by atoms with Crippen molar-refractivity contribution in [3.8, 4) is 11.8 Å². The van der Waals surface area contributed by atoms with Crippen molar-refractivity contribution in [3.63, 3.8) is 0 Å². The molecule has 35 heavy (non-hydrogen) atoms. The number of carbonyl (C=O) groups excluding carboxylic acids is 3. The van der Waals surface area contributed by atoms with E-state index in [4.69, 9.17) is 9.84 Å². The molecule has 2 N–H and O–H groups in total. The topological polar surface area (TPSA) is 99.2 Å². The summed E-state index contributed by atoms with van der Waals surface area (Å²) in [5, 5.41) is 11.5. The third kappa shape index (κ3) is 5.43. The number of nitrogens with zero attached hydrogens (tertiary/aromatic N) is 2. The number of ketones is 1. The van der Waals surface area contributed by atoms with Crippen molar-refractivity contribution in [3.05, 3.63) is 70.8 Å². The van der Waals surface area contributed by atoms with Gasteiger partial charge in [-0.2, -0.15) is 0 Å². The lowest BCUT2D eigenvalue weighted by molar-refractivity contribution is -0.191. The summed E-state index contributed by atoms with van der Waals surface area (Å²) in [6.07, 6.45) is 0. The minimum atomic E-state index is -1.39. The number of aliphatic hydroxyl groups excluding tert-OH is 1. The van der Waals surface area contributed by atoms with Gasteiger partial charge in [0, 0.05) is 55.8 Å². The molecular weight excluding hydrogens is 446 g/mol. The quantitative estimate of drug-likeness (QED) is 0.451. The zero-order chi connectivity index (χ0) is 25.0. The molecule has 8 nitrogen and oxygen atoms in total. The minimum absolute atomic E-state index is 0.309. The van der Waals surface area contributed by atoms with Gasteiger partial charge in [0.25, 0.3) is 5.91 Å². The van der Waals surface area contributed by atoms with Crippen molar-refractivity contribution in [1.82, 2.24) is 15.1 Å². The first-order chi connectivity index (χ1) is 16.8. The lowest BCUT2D eigenvalue weighted by Crippen LogP contribution is -2.65. The number of carbonyl (C=O) groups is 3. The highest BCUT2D eigenvalue weighted by molar-refractivity contribution is 6.10. The van der Waals surface area contributed by atoms with Crippen LogP contribution in [0.15, 0.2) is 48.5 Å². The molecule has 0 saturated carbocycles. The van der Waals surface area contributed by atoms with Gasteiger partial charge in [-0.25, -0.2) is 0 Å². The molecule has 2 aliphatic heterocycles. The zero-order valence-electron chi connectivity index (χ0n) is 19.9. The number of hydrogen-bond donors (Lipinski definition) is 2. The summed E-state index contributed by atoms with van der Waals surface area (Å²) in [5.41, 5.74) is 3.62. The van der Waals surface area contributed by atoms with Gasteiger partial charge in [-0.15, -0.1) is 0 Å². The summed E-state index contributed by atoms with van der Waals surface area (Å²) in [4.78, 5) is 40.2. The second kappa shape index (κ2) is 10.4. The Kier molecular flexibility index (Phi) is 7.31. The standard InChI is InChI=1S/C27H29N3O5/c1-28-25(33)24(23(32)14-31)29(2)26(34)22-11-9-20(10-12-22)4-3-19-5-7-21(8-6-19)13-30-15-27(16-30)17-35-18-27/h5-12,24,31H,13-18H2,1-2H3,(H,28,33). The second-order valence-corrected chi connectivity index (χ2v) is 9.22. The molecule has 1 atom stereocenters. The summed E-state index contributed by atoms with van der Waals surface area (Å²) in [7, 11) is 2.72. The van der Waals surface area contributed by atoms with E-state index in [0.717, 1.165) is 48.9 Å². The van der Waals surface area contributed by atoms with Crippen LogP contribution in [0.2, 0.25) is 0 Å². The van der Waals surface area contributed by atoms with Gasteiger partial charge in [0.15, 0.2) is 11.8 Å². The van der Waals surface area contributed by atoms with Crippen molar-refractivity contribution in [2.75, 3.05) is 47.0 Å². The number of aliphatic hydroxyl groups is 1. The smallest absolute Gasteiger partial charge is 0.254 e. The van der Waals surface area contributed by atoms with Gasteiger partial charge < -0.3 is 20.1 Å². The van der Waals surface area contributed by atoms with Crippen LogP contribution in [0.4, 0.5) is 0 Å². The van der Waals surface area contributed by atoms with Gasteiger partial charge in [-0.1, -0.05) is 24.0 Å². The van der Waals surface area contributed by atoms with Gasteiger partial charge in [0.1, 0.15) is 6.61 Å². The van der Waals surface area contributed by atoms with Gasteiger partial charge in [-0.3, -0.25) is 19.3 Å². The molecule has 182 valence electrons. The summed E-state index contributed by atoms with van der Waals surface area (Å²) >= 11 is 0. The Morgan fingerprint density at radius 1 is 1.06 bits per heavy atom. The predicted molar refractivity (Wildman–Crippen MR) is 129 cm³/mol. The van der Waals surface area contributed by atoms with Crippen LogP contribution in [0.5, 0.6) is 0 Å². The van der Waals surface area contributed by atoms with Crippen LogP contribution in [0.1, 0.15) is 27.0 Å². The molecule has 0 radical (unpaired) electrons. The average molecular weight is 476 g/mol. The third-order valence-electron chi connectivity index (χ3n) is 6.44. The fraction of sp³-hybridized carbons (Fsp3) is 0.370. The van der Waals surface area contributed by atoms with E-state index in [1.807, 2.05) is 12.1 Å². The first-order valence-electron chi connectivity index (χ1n) is 11.5. The molecule has 1 spiro atoms.